The van der Waals surface area contributed by atoms with Crippen LogP contribution in [0.5, 0.6) is 0 Å². The molecule has 0 aliphatic carbocycles. The molecule has 7 nitrogen and oxygen atoms in total. The van der Waals surface area contributed by atoms with E-state index in [1.165, 1.54) is 6.92 Å². The molecule has 0 fully saturated rings. The standard InChI is InChI=1S/C16H16F3N3O4/c1-9-20-12(6-13(25)21-9)14(26)22-15(7-23,8-24)10-2-4-11(5-3-10)16(17,18)19/h2-6,23-24H,7-8H2,1H3,(H,22,26)(H,20,21,25). The third-order valence-electron chi connectivity index (χ3n) is 3.75. The predicted molar refractivity (Wildman–Crippen MR) is 84.4 cm³/mol. The summed E-state index contributed by atoms with van der Waals surface area (Å²) in [7, 11) is 0. The van der Waals surface area contributed by atoms with Crippen LogP contribution in [0.1, 0.15) is 27.4 Å². The van der Waals surface area contributed by atoms with Gasteiger partial charge in [-0.15, -0.1) is 0 Å². The summed E-state index contributed by atoms with van der Waals surface area (Å²) in [6.07, 6.45) is -4.55. The second-order valence-corrected chi connectivity index (χ2v) is 5.64. The van der Waals surface area contributed by atoms with Gasteiger partial charge < -0.3 is 20.5 Å². The van der Waals surface area contributed by atoms with Gasteiger partial charge in [-0.1, -0.05) is 12.1 Å². The summed E-state index contributed by atoms with van der Waals surface area (Å²) in [6.45, 7) is -0.120. The Labute approximate surface area is 145 Å². The molecule has 0 aliphatic heterocycles. The van der Waals surface area contributed by atoms with Gasteiger partial charge in [0.1, 0.15) is 17.1 Å². The van der Waals surface area contributed by atoms with Gasteiger partial charge in [-0.3, -0.25) is 9.59 Å². The maximum Gasteiger partial charge on any atom is 0.416 e. The lowest BCUT2D eigenvalue weighted by Gasteiger charge is -2.31. The Bertz CT molecular complexity index is 843. The number of halogens is 3. The summed E-state index contributed by atoms with van der Waals surface area (Å²) in [5.41, 5.74) is -3.44. The van der Waals surface area contributed by atoms with Gasteiger partial charge in [0.15, 0.2) is 0 Å². The quantitative estimate of drug-likeness (QED) is 0.618. The fraction of sp³-hybridized carbons (Fsp3) is 0.312. The van der Waals surface area contributed by atoms with Crippen LogP contribution < -0.4 is 10.9 Å². The highest BCUT2D eigenvalue weighted by Gasteiger charge is 2.35. The smallest absolute Gasteiger partial charge is 0.393 e. The minimum atomic E-state index is -4.55. The van der Waals surface area contributed by atoms with Crippen molar-refractivity contribution in [2.75, 3.05) is 13.2 Å². The van der Waals surface area contributed by atoms with Gasteiger partial charge in [-0.2, -0.15) is 13.2 Å². The highest BCUT2D eigenvalue weighted by molar-refractivity contribution is 5.92. The molecule has 1 heterocycles. The Morgan fingerprint density at radius 3 is 2.15 bits per heavy atom. The molecule has 0 bridgehead atoms. The number of H-pyrrole nitrogens is 1. The molecule has 1 aromatic carbocycles. The van der Waals surface area contributed by atoms with E-state index in [9.17, 15) is 33.0 Å². The first-order valence-electron chi connectivity index (χ1n) is 7.41. The first kappa shape index (κ1) is 19.6. The van der Waals surface area contributed by atoms with Gasteiger partial charge in [0.05, 0.1) is 18.8 Å². The first-order chi connectivity index (χ1) is 12.1. The minimum absolute atomic E-state index is 0.0606. The maximum atomic E-state index is 12.7. The van der Waals surface area contributed by atoms with E-state index in [4.69, 9.17) is 0 Å². The lowest BCUT2D eigenvalue weighted by Crippen LogP contribution is -2.52. The molecule has 0 radical (unpaired) electrons. The van der Waals surface area contributed by atoms with Gasteiger partial charge in [0, 0.05) is 6.07 Å². The average Bonchev–Trinajstić information content (AvgIpc) is 2.58. The van der Waals surface area contributed by atoms with Crippen LogP contribution in [-0.2, 0) is 11.7 Å². The summed E-state index contributed by atoms with van der Waals surface area (Å²) in [6, 6.07) is 4.57. The molecular weight excluding hydrogens is 355 g/mol. The number of carbonyl (C=O) groups excluding carboxylic acids is 1. The Balaban J connectivity index is 2.37. The molecule has 0 unspecified atom stereocenters. The Kier molecular flexibility index (Phi) is 5.47. The summed E-state index contributed by atoms with van der Waals surface area (Å²) in [5, 5.41) is 21.7. The van der Waals surface area contributed by atoms with Crippen LogP contribution in [-0.4, -0.2) is 39.3 Å². The summed E-state index contributed by atoms with van der Waals surface area (Å²) >= 11 is 0. The number of aryl methyl sites for hydroxylation is 1. The van der Waals surface area contributed by atoms with E-state index in [1.54, 1.807) is 0 Å². The third-order valence-corrected chi connectivity index (χ3v) is 3.75. The number of carbonyl (C=O) groups is 1. The molecule has 0 saturated carbocycles. The van der Waals surface area contributed by atoms with E-state index in [0.29, 0.717) is 0 Å². The second-order valence-electron chi connectivity index (χ2n) is 5.64. The van der Waals surface area contributed by atoms with Gasteiger partial charge in [0.2, 0.25) is 0 Å². The maximum absolute atomic E-state index is 12.7. The number of benzene rings is 1. The van der Waals surface area contributed by atoms with E-state index in [-0.39, 0.29) is 17.1 Å². The molecule has 140 valence electrons. The normalized spacial score (nSPS) is 12.1. The van der Waals surface area contributed by atoms with Crippen LogP contribution in [0, 0.1) is 6.92 Å². The van der Waals surface area contributed by atoms with E-state index in [2.05, 4.69) is 15.3 Å². The zero-order chi connectivity index (χ0) is 19.5. The molecule has 10 heteroatoms. The highest BCUT2D eigenvalue weighted by Crippen LogP contribution is 2.31. The summed E-state index contributed by atoms with van der Waals surface area (Å²) < 4.78 is 38.0. The fourth-order valence-electron chi connectivity index (χ4n) is 2.34. The molecule has 2 rings (SSSR count). The number of aliphatic hydroxyl groups is 2. The minimum Gasteiger partial charge on any atom is -0.393 e. The molecule has 0 saturated heterocycles. The molecule has 2 aromatic rings. The van der Waals surface area contributed by atoms with Gasteiger partial charge >= 0.3 is 6.18 Å². The largest absolute Gasteiger partial charge is 0.416 e. The SMILES string of the molecule is Cc1nc(C(=O)NC(CO)(CO)c2ccc(C(F)(F)F)cc2)cc(=O)[nH]1. The molecule has 1 amide bonds. The fourth-order valence-corrected chi connectivity index (χ4v) is 2.34. The number of aliphatic hydroxyl groups excluding tert-OH is 2. The molecular formula is C16H16F3N3O4. The summed E-state index contributed by atoms with van der Waals surface area (Å²) in [5.74, 6) is -0.696. The number of alkyl halides is 3. The third kappa shape index (κ3) is 4.09. The zero-order valence-corrected chi connectivity index (χ0v) is 13.6. The zero-order valence-electron chi connectivity index (χ0n) is 13.6. The van der Waals surface area contributed by atoms with Crippen molar-refractivity contribution in [2.45, 2.75) is 18.6 Å². The van der Waals surface area contributed by atoms with E-state index in [1.807, 2.05) is 0 Å². The second kappa shape index (κ2) is 7.26. The lowest BCUT2D eigenvalue weighted by atomic mass is 9.90. The number of rotatable bonds is 5. The van der Waals surface area contributed by atoms with Crippen molar-refractivity contribution in [3.63, 3.8) is 0 Å². The molecule has 4 N–H and O–H groups in total. The van der Waals surface area contributed by atoms with Crippen LogP contribution in [0.2, 0.25) is 0 Å². The predicted octanol–water partition coefficient (Wildman–Crippen LogP) is 0.707. The van der Waals surface area contributed by atoms with Gasteiger partial charge in [-0.05, 0) is 24.6 Å². The van der Waals surface area contributed by atoms with Crippen molar-refractivity contribution in [3.8, 4) is 0 Å². The van der Waals surface area contributed by atoms with Crippen molar-refractivity contribution in [1.82, 2.24) is 15.3 Å². The molecule has 1 aromatic heterocycles. The Morgan fingerprint density at radius 1 is 1.15 bits per heavy atom. The van der Waals surface area contributed by atoms with Gasteiger partial charge in [-0.25, -0.2) is 4.98 Å². The number of hydrogen-bond donors (Lipinski definition) is 4. The van der Waals surface area contributed by atoms with Crippen LogP contribution in [0.4, 0.5) is 13.2 Å². The topological polar surface area (TPSA) is 115 Å². The number of amides is 1. The van der Waals surface area contributed by atoms with Crippen molar-refractivity contribution in [1.29, 1.82) is 0 Å². The van der Waals surface area contributed by atoms with Crippen LogP contribution in [0.3, 0.4) is 0 Å². The van der Waals surface area contributed by atoms with Crippen molar-refractivity contribution in [3.05, 3.63) is 63.3 Å². The average molecular weight is 371 g/mol. The first-order valence-corrected chi connectivity index (χ1v) is 7.41. The lowest BCUT2D eigenvalue weighted by molar-refractivity contribution is -0.137. The van der Waals surface area contributed by atoms with Crippen LogP contribution >= 0.6 is 0 Å². The molecule has 0 atom stereocenters. The van der Waals surface area contributed by atoms with Gasteiger partial charge in [0.25, 0.3) is 11.5 Å². The molecule has 26 heavy (non-hydrogen) atoms. The Morgan fingerprint density at radius 2 is 1.69 bits per heavy atom. The Hall–Kier alpha value is -2.72. The van der Waals surface area contributed by atoms with E-state index < -0.39 is 42.0 Å². The van der Waals surface area contributed by atoms with E-state index >= 15 is 0 Å². The number of aromatic amines is 1. The number of nitrogens with one attached hydrogen (secondary N) is 2. The van der Waals surface area contributed by atoms with Crippen molar-refractivity contribution in [2.24, 2.45) is 0 Å². The highest BCUT2D eigenvalue weighted by atomic mass is 19.4. The number of hydrogen-bond acceptors (Lipinski definition) is 5. The number of nitrogens with zero attached hydrogens (tertiary/aromatic N) is 1. The molecule has 0 spiro atoms. The van der Waals surface area contributed by atoms with E-state index in [0.717, 1.165) is 30.3 Å². The van der Waals surface area contributed by atoms with Crippen molar-refractivity contribution >= 4 is 5.91 Å². The molecule has 0 aliphatic rings. The summed E-state index contributed by atoms with van der Waals surface area (Å²) in [4.78, 5) is 30.0. The van der Waals surface area contributed by atoms with Crippen molar-refractivity contribution < 1.29 is 28.2 Å². The van der Waals surface area contributed by atoms with Crippen LogP contribution in [0.15, 0.2) is 35.1 Å². The van der Waals surface area contributed by atoms with Crippen LogP contribution in [0.25, 0.3) is 0 Å². The monoisotopic (exact) mass is 371 g/mol. The number of aromatic nitrogens is 2.